The van der Waals surface area contributed by atoms with Gasteiger partial charge in [0.2, 0.25) is 11.9 Å². The fourth-order valence-corrected chi connectivity index (χ4v) is 4.75. The Morgan fingerprint density at radius 1 is 1.11 bits per heavy atom. The van der Waals surface area contributed by atoms with Crippen molar-refractivity contribution in [3.8, 4) is 11.3 Å². The molecule has 2 aromatic heterocycles. The summed E-state index contributed by atoms with van der Waals surface area (Å²) >= 11 is 0. The molecule has 2 saturated heterocycles. The lowest BCUT2D eigenvalue weighted by Crippen LogP contribution is -2.47. The van der Waals surface area contributed by atoms with Gasteiger partial charge < -0.3 is 19.9 Å². The number of morpholine rings is 1. The summed E-state index contributed by atoms with van der Waals surface area (Å²) in [4.78, 5) is 40.0. The van der Waals surface area contributed by atoms with Crippen LogP contribution in [0.5, 0.6) is 0 Å². The molecule has 1 N–H and O–H groups in total. The van der Waals surface area contributed by atoms with Gasteiger partial charge in [-0.2, -0.15) is 0 Å². The molecule has 5 rings (SSSR count). The first-order valence-corrected chi connectivity index (χ1v) is 12.7. The molecule has 0 radical (unpaired) electrons. The highest BCUT2D eigenvalue weighted by atomic mass is 19.1. The highest BCUT2D eigenvalue weighted by molar-refractivity contribution is 5.92. The molecule has 10 nitrogen and oxygen atoms in total. The number of carbonyl (C=O) groups is 1. The van der Waals surface area contributed by atoms with E-state index in [1.807, 2.05) is 29.2 Å². The van der Waals surface area contributed by atoms with Crippen molar-refractivity contribution in [2.75, 3.05) is 69.7 Å². The summed E-state index contributed by atoms with van der Waals surface area (Å²) in [5.74, 6) is -0.112. The minimum Gasteiger partial charge on any atom is -0.370 e. The summed E-state index contributed by atoms with van der Waals surface area (Å²) in [6, 6.07) is 10.5. The number of nitrogens with one attached hydrogen (secondary N) is 1. The van der Waals surface area contributed by atoms with Gasteiger partial charge >= 0.3 is 0 Å². The number of hydrogen-bond donors (Lipinski definition) is 1. The number of carbonyl (C=O) groups excluding carboxylic acids is 1. The van der Waals surface area contributed by atoms with E-state index in [-0.39, 0.29) is 28.8 Å². The molecule has 1 amide bonds. The summed E-state index contributed by atoms with van der Waals surface area (Å²) in [7, 11) is 3.74. The second-order valence-corrected chi connectivity index (χ2v) is 9.75. The molecule has 11 heteroatoms. The molecule has 1 atom stereocenters. The van der Waals surface area contributed by atoms with Gasteiger partial charge in [-0.15, -0.1) is 0 Å². The van der Waals surface area contributed by atoms with Gasteiger partial charge in [0.15, 0.2) is 5.82 Å². The molecule has 200 valence electrons. The van der Waals surface area contributed by atoms with Crippen LogP contribution < -0.4 is 15.8 Å². The van der Waals surface area contributed by atoms with Crippen LogP contribution in [0.3, 0.4) is 0 Å². The molecule has 0 spiro atoms. The smallest absolute Gasteiger partial charge is 0.255 e. The second kappa shape index (κ2) is 11.4. The monoisotopic (exact) mass is 521 g/mol. The first kappa shape index (κ1) is 26.0. The predicted molar refractivity (Wildman–Crippen MR) is 143 cm³/mol. The van der Waals surface area contributed by atoms with Crippen LogP contribution in [0.1, 0.15) is 11.7 Å². The van der Waals surface area contributed by atoms with E-state index in [1.54, 1.807) is 7.05 Å². The number of hydrogen-bond acceptors (Lipinski definition) is 8. The van der Waals surface area contributed by atoms with Crippen LogP contribution in [0.15, 0.2) is 53.6 Å². The Hall–Kier alpha value is -3.67. The zero-order valence-electron chi connectivity index (χ0n) is 21.6. The maximum atomic E-state index is 14.3. The molecule has 2 aliphatic rings. The molecule has 0 unspecified atom stereocenters. The Labute approximate surface area is 220 Å². The molecule has 38 heavy (non-hydrogen) atoms. The number of likely N-dealkylation sites (N-methyl/N-ethyl adjacent to an activating group) is 1. The first-order valence-electron chi connectivity index (χ1n) is 12.7. The van der Waals surface area contributed by atoms with Gasteiger partial charge in [0.05, 0.1) is 31.6 Å². The molecule has 3 aromatic rings. The SMILES string of the molecule is CN1CCN(CC(=O)Nc2ccc([C@H]3CN(c4nc(-c5ccncc5F)cc(=O)n4C)CCO3)cc2)CC1. The van der Waals surface area contributed by atoms with Crippen molar-refractivity contribution in [2.45, 2.75) is 6.10 Å². The van der Waals surface area contributed by atoms with E-state index in [9.17, 15) is 14.0 Å². The highest BCUT2D eigenvalue weighted by Gasteiger charge is 2.26. The molecule has 0 bridgehead atoms. The molecular formula is C27H32FN7O3. The largest absolute Gasteiger partial charge is 0.370 e. The van der Waals surface area contributed by atoms with Crippen molar-refractivity contribution in [1.82, 2.24) is 24.3 Å². The lowest BCUT2D eigenvalue weighted by Gasteiger charge is -2.34. The third-order valence-electron chi connectivity index (χ3n) is 7.04. The lowest BCUT2D eigenvalue weighted by molar-refractivity contribution is -0.117. The van der Waals surface area contributed by atoms with Crippen molar-refractivity contribution in [3.63, 3.8) is 0 Å². The third kappa shape index (κ3) is 5.90. The maximum absolute atomic E-state index is 14.3. The zero-order chi connectivity index (χ0) is 26.6. The molecule has 4 heterocycles. The Balaban J connectivity index is 1.26. The summed E-state index contributed by atoms with van der Waals surface area (Å²) in [5.41, 5.74) is 1.91. The molecule has 2 fully saturated rings. The number of ether oxygens (including phenoxy) is 1. The van der Waals surface area contributed by atoms with E-state index >= 15 is 0 Å². The van der Waals surface area contributed by atoms with E-state index in [0.29, 0.717) is 32.2 Å². The standard InChI is InChI=1S/C27H32FN7O3/c1-32-9-11-34(12-10-32)18-25(36)30-20-5-3-19(4-6-20)24-17-35(13-14-38-24)27-31-23(15-26(37)33(27)2)21-7-8-29-16-22(21)28/h3-8,15-16,24H,9-14,17-18H2,1-2H3,(H,30,36)/t24-/m1/s1. The van der Waals surface area contributed by atoms with E-state index in [1.165, 1.54) is 22.9 Å². The van der Waals surface area contributed by atoms with Gasteiger partial charge in [-0.1, -0.05) is 12.1 Å². The molecule has 0 saturated carbocycles. The Morgan fingerprint density at radius 3 is 2.61 bits per heavy atom. The number of amides is 1. The van der Waals surface area contributed by atoms with Gasteiger partial charge in [-0.3, -0.25) is 24.0 Å². The van der Waals surface area contributed by atoms with E-state index in [0.717, 1.165) is 43.6 Å². The Bertz CT molecular complexity index is 1340. The fourth-order valence-electron chi connectivity index (χ4n) is 4.75. The van der Waals surface area contributed by atoms with Crippen molar-refractivity contribution >= 4 is 17.5 Å². The van der Waals surface area contributed by atoms with Crippen molar-refractivity contribution in [1.29, 1.82) is 0 Å². The van der Waals surface area contributed by atoms with Gasteiger partial charge in [-0.05, 0) is 30.8 Å². The van der Waals surface area contributed by atoms with Gasteiger partial charge in [0.1, 0.15) is 6.10 Å². The van der Waals surface area contributed by atoms with Crippen molar-refractivity contribution < 1.29 is 13.9 Å². The van der Waals surface area contributed by atoms with Crippen LogP contribution in [0.25, 0.3) is 11.3 Å². The molecule has 0 aliphatic carbocycles. The normalized spacial score (nSPS) is 18.9. The molecule has 2 aliphatic heterocycles. The van der Waals surface area contributed by atoms with Crippen LogP contribution in [-0.2, 0) is 16.6 Å². The predicted octanol–water partition coefficient (Wildman–Crippen LogP) is 1.75. The summed E-state index contributed by atoms with van der Waals surface area (Å²) < 4.78 is 21.8. The average molecular weight is 522 g/mol. The molecule has 1 aromatic carbocycles. The third-order valence-corrected chi connectivity index (χ3v) is 7.04. The number of nitrogens with zero attached hydrogens (tertiary/aromatic N) is 6. The molecular weight excluding hydrogens is 489 g/mol. The number of anilines is 2. The van der Waals surface area contributed by atoms with Crippen LogP contribution in [0, 0.1) is 5.82 Å². The van der Waals surface area contributed by atoms with Crippen LogP contribution in [0.4, 0.5) is 16.0 Å². The summed E-state index contributed by atoms with van der Waals surface area (Å²) in [5, 5.41) is 2.98. The number of rotatable bonds is 6. The van der Waals surface area contributed by atoms with Crippen molar-refractivity contribution in [2.24, 2.45) is 7.05 Å². The number of halogens is 1. The number of piperazine rings is 1. The van der Waals surface area contributed by atoms with Crippen LogP contribution in [-0.4, -0.2) is 89.7 Å². The van der Waals surface area contributed by atoms with Gasteiger partial charge in [0.25, 0.3) is 5.56 Å². The maximum Gasteiger partial charge on any atom is 0.255 e. The number of benzene rings is 1. The van der Waals surface area contributed by atoms with Crippen LogP contribution >= 0.6 is 0 Å². The lowest BCUT2D eigenvalue weighted by atomic mass is 10.1. The minimum atomic E-state index is -0.533. The zero-order valence-corrected chi connectivity index (χ0v) is 21.6. The van der Waals surface area contributed by atoms with Gasteiger partial charge in [-0.25, -0.2) is 9.37 Å². The fraction of sp³-hybridized carbons (Fsp3) is 0.407. The second-order valence-electron chi connectivity index (χ2n) is 9.75. The summed E-state index contributed by atoms with van der Waals surface area (Å²) in [6.45, 7) is 5.54. The van der Waals surface area contributed by atoms with Crippen LogP contribution in [0.2, 0.25) is 0 Å². The van der Waals surface area contributed by atoms with Gasteiger partial charge in [0, 0.05) is 63.3 Å². The minimum absolute atomic E-state index is 0.0279. The highest BCUT2D eigenvalue weighted by Crippen LogP contribution is 2.27. The first-order chi connectivity index (χ1) is 18.4. The quantitative estimate of drug-likeness (QED) is 0.524. The van der Waals surface area contributed by atoms with E-state index < -0.39 is 5.82 Å². The van der Waals surface area contributed by atoms with E-state index in [4.69, 9.17) is 4.74 Å². The average Bonchev–Trinajstić information content (AvgIpc) is 2.92. The van der Waals surface area contributed by atoms with E-state index in [2.05, 4.69) is 32.1 Å². The topological polar surface area (TPSA) is 95.8 Å². The Morgan fingerprint density at radius 2 is 1.87 bits per heavy atom. The Kier molecular flexibility index (Phi) is 7.77. The van der Waals surface area contributed by atoms with Crippen molar-refractivity contribution in [3.05, 3.63) is 70.5 Å². The summed E-state index contributed by atoms with van der Waals surface area (Å²) in [6.07, 6.45) is 2.33. The number of aromatic nitrogens is 3. The number of pyridine rings is 1.